The average molecular weight is 487 g/mol. The van der Waals surface area contributed by atoms with Crippen LogP contribution in [0.4, 0.5) is 5.95 Å². The molecule has 0 amide bonds. The lowest BCUT2D eigenvalue weighted by Crippen LogP contribution is -2.26. The van der Waals surface area contributed by atoms with E-state index in [1.165, 1.54) is 0 Å². The zero-order valence-corrected chi connectivity index (χ0v) is 18.3. The Bertz CT molecular complexity index is 1260. The molecule has 2 aromatic heterocycles. The molecule has 10 heteroatoms. The van der Waals surface area contributed by atoms with E-state index in [4.69, 9.17) is 0 Å². The van der Waals surface area contributed by atoms with E-state index in [1.54, 1.807) is 36.8 Å². The smallest absolute Gasteiger partial charge is 0.240 e. The second-order valence-corrected chi connectivity index (χ2v) is 9.16. The van der Waals surface area contributed by atoms with E-state index in [-0.39, 0.29) is 4.90 Å². The molecule has 0 saturated carbocycles. The minimum absolute atomic E-state index is 0.238. The van der Waals surface area contributed by atoms with Crippen molar-refractivity contribution in [2.75, 3.05) is 18.4 Å². The molecule has 30 heavy (non-hydrogen) atoms. The molecule has 2 N–H and O–H groups in total. The van der Waals surface area contributed by atoms with E-state index in [0.29, 0.717) is 31.3 Å². The summed E-state index contributed by atoms with van der Waals surface area (Å²) in [5.74, 6) is 1.18. The quantitative estimate of drug-likeness (QED) is 0.370. The van der Waals surface area contributed by atoms with Gasteiger partial charge in [0.05, 0.1) is 15.9 Å². The second kappa shape index (κ2) is 8.90. The van der Waals surface area contributed by atoms with Crippen LogP contribution in [-0.2, 0) is 10.0 Å². The average Bonchev–Trinajstić information content (AvgIpc) is 3.18. The Balaban J connectivity index is 1.33. The fourth-order valence-electron chi connectivity index (χ4n) is 2.90. The standard InChI is InChI=1S/C20H19BrN6O2S/c21-15-6-8-16(9-7-15)30(28,29)25-12-3-11-22-20-23-13-10-19(26-20)27-14-24-17-4-1-2-5-18(17)27/h1-2,4-10,13-14,25H,3,11-12H2,(H,22,23,26). The van der Waals surface area contributed by atoms with Crippen LogP contribution in [0, 0.1) is 0 Å². The molecule has 2 heterocycles. The number of hydrogen-bond donors (Lipinski definition) is 2. The van der Waals surface area contributed by atoms with Gasteiger partial charge in [0.15, 0.2) is 0 Å². The Labute approximate surface area is 182 Å². The number of anilines is 1. The van der Waals surface area contributed by atoms with Crippen LogP contribution < -0.4 is 10.0 Å². The molecule has 4 rings (SSSR count). The molecule has 0 unspecified atom stereocenters. The Kier molecular flexibility index (Phi) is 6.07. The Morgan fingerprint density at radius 3 is 2.60 bits per heavy atom. The third kappa shape index (κ3) is 4.66. The molecule has 0 spiro atoms. The summed E-state index contributed by atoms with van der Waals surface area (Å²) in [5.41, 5.74) is 1.85. The number of rotatable bonds is 8. The Morgan fingerprint density at radius 1 is 0.967 bits per heavy atom. The third-order valence-corrected chi connectivity index (χ3v) is 6.40. The Morgan fingerprint density at radius 2 is 1.77 bits per heavy atom. The fraction of sp³-hybridized carbons (Fsp3) is 0.150. The van der Waals surface area contributed by atoms with Gasteiger partial charge in [-0.05, 0) is 48.9 Å². The van der Waals surface area contributed by atoms with Crippen LogP contribution in [0.1, 0.15) is 6.42 Å². The highest BCUT2D eigenvalue weighted by atomic mass is 79.9. The van der Waals surface area contributed by atoms with Crippen molar-refractivity contribution in [3.63, 3.8) is 0 Å². The summed E-state index contributed by atoms with van der Waals surface area (Å²) in [7, 11) is -3.52. The second-order valence-electron chi connectivity index (χ2n) is 6.47. The number of benzene rings is 2. The number of para-hydroxylation sites is 2. The first-order valence-electron chi connectivity index (χ1n) is 9.27. The molecule has 0 radical (unpaired) electrons. The van der Waals surface area contributed by atoms with Gasteiger partial charge in [-0.2, -0.15) is 4.98 Å². The van der Waals surface area contributed by atoms with Crippen molar-refractivity contribution in [2.24, 2.45) is 0 Å². The number of fused-ring (bicyclic) bond motifs is 1. The van der Waals surface area contributed by atoms with Crippen molar-refractivity contribution in [1.29, 1.82) is 0 Å². The zero-order valence-electron chi connectivity index (χ0n) is 15.9. The maximum atomic E-state index is 12.3. The van der Waals surface area contributed by atoms with Crippen molar-refractivity contribution in [2.45, 2.75) is 11.3 Å². The van der Waals surface area contributed by atoms with Crippen LogP contribution in [0.2, 0.25) is 0 Å². The molecular weight excluding hydrogens is 468 g/mol. The van der Waals surface area contributed by atoms with Gasteiger partial charge in [0.1, 0.15) is 12.1 Å². The first kappa shape index (κ1) is 20.5. The van der Waals surface area contributed by atoms with E-state index in [0.717, 1.165) is 15.5 Å². The highest BCUT2D eigenvalue weighted by molar-refractivity contribution is 9.10. The van der Waals surface area contributed by atoms with Crippen LogP contribution in [-0.4, -0.2) is 41.0 Å². The predicted molar refractivity (Wildman–Crippen MR) is 119 cm³/mol. The molecule has 0 aliphatic heterocycles. The summed E-state index contributed by atoms with van der Waals surface area (Å²) in [6.45, 7) is 0.828. The van der Waals surface area contributed by atoms with Crippen molar-refractivity contribution >= 4 is 42.9 Å². The van der Waals surface area contributed by atoms with Gasteiger partial charge in [-0.3, -0.25) is 4.57 Å². The van der Waals surface area contributed by atoms with Crippen molar-refractivity contribution in [1.82, 2.24) is 24.2 Å². The number of imidazole rings is 1. The largest absolute Gasteiger partial charge is 0.354 e. The van der Waals surface area contributed by atoms with E-state index in [9.17, 15) is 8.42 Å². The number of aromatic nitrogens is 4. The van der Waals surface area contributed by atoms with Crippen LogP contribution in [0.3, 0.4) is 0 Å². The van der Waals surface area contributed by atoms with Gasteiger partial charge in [0.2, 0.25) is 16.0 Å². The first-order chi connectivity index (χ1) is 14.5. The van der Waals surface area contributed by atoms with Crippen LogP contribution in [0.15, 0.2) is 76.5 Å². The topological polar surface area (TPSA) is 102 Å². The van der Waals surface area contributed by atoms with Gasteiger partial charge in [0, 0.05) is 23.8 Å². The maximum absolute atomic E-state index is 12.3. The molecule has 0 bridgehead atoms. The maximum Gasteiger partial charge on any atom is 0.240 e. The lowest BCUT2D eigenvalue weighted by atomic mass is 10.3. The first-order valence-corrected chi connectivity index (χ1v) is 11.6. The molecule has 0 aliphatic rings. The SMILES string of the molecule is O=S(=O)(NCCCNc1nccc(-n2cnc3ccccc32)n1)c1ccc(Br)cc1. The van der Waals surface area contributed by atoms with Crippen molar-refractivity contribution in [3.05, 3.63) is 71.6 Å². The van der Waals surface area contributed by atoms with Crippen LogP contribution >= 0.6 is 15.9 Å². The molecular formula is C20H19BrN6O2S. The molecule has 0 fully saturated rings. The summed E-state index contributed by atoms with van der Waals surface area (Å²) in [4.78, 5) is 13.4. The number of hydrogen-bond acceptors (Lipinski definition) is 6. The third-order valence-electron chi connectivity index (χ3n) is 4.39. The van der Waals surface area contributed by atoms with E-state index < -0.39 is 10.0 Å². The van der Waals surface area contributed by atoms with E-state index >= 15 is 0 Å². The fourth-order valence-corrected chi connectivity index (χ4v) is 4.24. The number of nitrogens with one attached hydrogen (secondary N) is 2. The molecule has 0 saturated heterocycles. The highest BCUT2D eigenvalue weighted by Crippen LogP contribution is 2.17. The molecule has 0 atom stereocenters. The summed E-state index contributed by atoms with van der Waals surface area (Å²) in [6, 6.07) is 16.2. The zero-order chi connectivity index (χ0) is 21.0. The van der Waals surface area contributed by atoms with E-state index in [1.807, 2.05) is 34.9 Å². The monoisotopic (exact) mass is 486 g/mol. The van der Waals surface area contributed by atoms with Gasteiger partial charge in [-0.1, -0.05) is 28.1 Å². The summed E-state index contributed by atoms with van der Waals surface area (Å²) in [5, 5.41) is 3.13. The molecule has 154 valence electrons. The summed E-state index contributed by atoms with van der Waals surface area (Å²) < 4.78 is 29.9. The van der Waals surface area contributed by atoms with Crippen molar-refractivity contribution < 1.29 is 8.42 Å². The van der Waals surface area contributed by atoms with Crippen LogP contribution in [0.25, 0.3) is 16.9 Å². The summed E-state index contributed by atoms with van der Waals surface area (Å²) in [6.07, 6.45) is 3.99. The Hall–Kier alpha value is -2.82. The molecule has 0 aliphatic carbocycles. The number of sulfonamides is 1. The minimum atomic E-state index is -3.52. The van der Waals surface area contributed by atoms with Gasteiger partial charge in [0.25, 0.3) is 0 Å². The van der Waals surface area contributed by atoms with Gasteiger partial charge < -0.3 is 5.32 Å². The highest BCUT2D eigenvalue weighted by Gasteiger charge is 2.12. The predicted octanol–water partition coefficient (Wildman–Crippen LogP) is 3.36. The molecule has 2 aromatic carbocycles. The van der Waals surface area contributed by atoms with Gasteiger partial charge in [-0.15, -0.1) is 0 Å². The normalized spacial score (nSPS) is 11.6. The molecule has 4 aromatic rings. The molecule has 8 nitrogen and oxygen atoms in total. The van der Waals surface area contributed by atoms with E-state index in [2.05, 4.69) is 40.9 Å². The lowest BCUT2D eigenvalue weighted by Gasteiger charge is -2.09. The van der Waals surface area contributed by atoms with Gasteiger partial charge in [-0.25, -0.2) is 23.1 Å². The van der Waals surface area contributed by atoms with Gasteiger partial charge >= 0.3 is 0 Å². The van der Waals surface area contributed by atoms with Crippen molar-refractivity contribution in [3.8, 4) is 5.82 Å². The number of nitrogens with zero attached hydrogens (tertiary/aromatic N) is 4. The number of halogens is 1. The minimum Gasteiger partial charge on any atom is -0.354 e. The van der Waals surface area contributed by atoms with Crippen LogP contribution in [0.5, 0.6) is 0 Å². The summed E-state index contributed by atoms with van der Waals surface area (Å²) >= 11 is 3.30. The lowest BCUT2D eigenvalue weighted by molar-refractivity contribution is 0.580.